The van der Waals surface area contributed by atoms with Gasteiger partial charge in [-0.15, -0.1) is 0 Å². The summed E-state index contributed by atoms with van der Waals surface area (Å²) in [4.78, 5) is 26.8. The maximum atomic E-state index is 11.9. The smallest absolute Gasteiger partial charge is 0.335 e. The van der Waals surface area contributed by atoms with Crippen molar-refractivity contribution < 1.29 is 14.7 Å². The summed E-state index contributed by atoms with van der Waals surface area (Å²) < 4.78 is 0. The van der Waals surface area contributed by atoms with Crippen molar-refractivity contribution in [1.82, 2.24) is 10.3 Å². The van der Waals surface area contributed by atoms with E-state index in [1.807, 2.05) is 6.92 Å². The van der Waals surface area contributed by atoms with Gasteiger partial charge in [0.2, 0.25) is 0 Å². The molecule has 20 heavy (non-hydrogen) atoms. The van der Waals surface area contributed by atoms with Crippen molar-refractivity contribution in [2.75, 3.05) is 0 Å². The number of carbonyl (C=O) groups is 2. The van der Waals surface area contributed by atoms with E-state index in [0.29, 0.717) is 5.56 Å². The van der Waals surface area contributed by atoms with Crippen LogP contribution in [0, 0.1) is 6.92 Å². The molecule has 1 amide bonds. The maximum Gasteiger partial charge on any atom is 0.335 e. The van der Waals surface area contributed by atoms with E-state index in [1.54, 1.807) is 24.3 Å². The van der Waals surface area contributed by atoms with Crippen molar-refractivity contribution in [3.05, 3.63) is 65.0 Å². The number of aryl methyl sites for hydroxylation is 1. The Morgan fingerprint density at radius 2 is 2.00 bits per heavy atom. The highest BCUT2D eigenvalue weighted by atomic mass is 16.4. The molecule has 0 radical (unpaired) electrons. The molecular formula is C15H14N2O3. The van der Waals surface area contributed by atoms with Gasteiger partial charge < -0.3 is 10.4 Å². The number of carbonyl (C=O) groups excluding carboxylic acids is 1. The van der Waals surface area contributed by atoms with Crippen molar-refractivity contribution in [3.63, 3.8) is 0 Å². The monoisotopic (exact) mass is 270 g/mol. The number of benzene rings is 1. The van der Waals surface area contributed by atoms with Crippen LogP contribution in [0.25, 0.3) is 0 Å². The van der Waals surface area contributed by atoms with Crippen molar-refractivity contribution in [3.8, 4) is 0 Å². The predicted molar refractivity (Wildman–Crippen MR) is 73.5 cm³/mol. The molecule has 0 fully saturated rings. The summed E-state index contributed by atoms with van der Waals surface area (Å²) in [5.41, 5.74) is 2.26. The molecule has 0 saturated carbocycles. The Labute approximate surface area is 116 Å². The second kappa shape index (κ2) is 5.97. The topological polar surface area (TPSA) is 79.3 Å². The van der Waals surface area contributed by atoms with Crippen LogP contribution in [0.4, 0.5) is 0 Å². The van der Waals surface area contributed by atoms with Crippen LogP contribution < -0.4 is 5.32 Å². The summed E-state index contributed by atoms with van der Waals surface area (Å²) in [6, 6.07) is 9.93. The number of amides is 1. The minimum atomic E-state index is -0.985. The Bertz CT molecular complexity index is 636. The summed E-state index contributed by atoms with van der Waals surface area (Å²) in [7, 11) is 0. The van der Waals surface area contributed by atoms with Gasteiger partial charge in [0.1, 0.15) is 0 Å². The van der Waals surface area contributed by atoms with Gasteiger partial charge in [-0.25, -0.2) is 4.79 Å². The first-order valence-corrected chi connectivity index (χ1v) is 6.09. The van der Waals surface area contributed by atoms with Gasteiger partial charge >= 0.3 is 5.97 Å². The van der Waals surface area contributed by atoms with E-state index in [1.165, 1.54) is 18.3 Å². The zero-order valence-corrected chi connectivity index (χ0v) is 11.0. The lowest BCUT2D eigenvalue weighted by molar-refractivity contribution is 0.0696. The van der Waals surface area contributed by atoms with Crippen molar-refractivity contribution >= 4 is 11.9 Å². The van der Waals surface area contributed by atoms with E-state index < -0.39 is 5.97 Å². The highest BCUT2D eigenvalue weighted by Crippen LogP contribution is 2.06. The van der Waals surface area contributed by atoms with Crippen LogP contribution in [0.3, 0.4) is 0 Å². The Hall–Kier alpha value is -2.69. The molecule has 102 valence electrons. The second-order valence-corrected chi connectivity index (χ2v) is 4.38. The van der Waals surface area contributed by atoms with E-state index in [-0.39, 0.29) is 18.0 Å². The van der Waals surface area contributed by atoms with Crippen LogP contribution >= 0.6 is 0 Å². The summed E-state index contributed by atoms with van der Waals surface area (Å²) in [5.74, 6) is -1.22. The highest BCUT2D eigenvalue weighted by molar-refractivity contribution is 5.93. The number of aromatic carboxylic acids is 1. The largest absolute Gasteiger partial charge is 0.478 e. The highest BCUT2D eigenvalue weighted by Gasteiger charge is 2.07. The number of nitrogens with zero attached hydrogens (tertiary/aromatic N) is 1. The number of carboxylic acid groups (broad SMARTS) is 1. The van der Waals surface area contributed by atoms with Crippen LogP contribution in [-0.2, 0) is 6.54 Å². The van der Waals surface area contributed by atoms with Gasteiger partial charge in [-0.3, -0.25) is 9.78 Å². The van der Waals surface area contributed by atoms with Gasteiger partial charge in [0, 0.05) is 18.4 Å². The Balaban J connectivity index is 2.01. The average Bonchev–Trinajstić information content (AvgIpc) is 2.46. The zero-order chi connectivity index (χ0) is 14.5. The number of hydrogen-bond donors (Lipinski definition) is 2. The van der Waals surface area contributed by atoms with Crippen molar-refractivity contribution in [2.45, 2.75) is 13.5 Å². The molecule has 0 bridgehead atoms. The number of pyridine rings is 1. The fourth-order valence-corrected chi connectivity index (χ4v) is 1.70. The molecule has 1 aromatic heterocycles. The van der Waals surface area contributed by atoms with E-state index in [2.05, 4.69) is 10.3 Å². The van der Waals surface area contributed by atoms with E-state index >= 15 is 0 Å². The van der Waals surface area contributed by atoms with Gasteiger partial charge in [0.25, 0.3) is 5.91 Å². The third-order valence-electron chi connectivity index (χ3n) is 2.80. The maximum absolute atomic E-state index is 11.9. The summed E-state index contributed by atoms with van der Waals surface area (Å²) in [5, 5.41) is 11.6. The first-order valence-electron chi connectivity index (χ1n) is 6.09. The number of rotatable bonds is 4. The quantitative estimate of drug-likeness (QED) is 0.890. The molecule has 1 heterocycles. The lowest BCUT2D eigenvalue weighted by Crippen LogP contribution is -2.23. The van der Waals surface area contributed by atoms with Crippen molar-refractivity contribution in [2.24, 2.45) is 0 Å². The fourth-order valence-electron chi connectivity index (χ4n) is 1.70. The Kier molecular flexibility index (Phi) is 4.10. The van der Waals surface area contributed by atoms with Gasteiger partial charge in [-0.05, 0) is 36.8 Å². The number of hydrogen-bond acceptors (Lipinski definition) is 3. The SMILES string of the molecule is Cc1ccc(C(=O)NCc2cccc(C(=O)O)c2)cn1. The lowest BCUT2D eigenvalue weighted by atomic mass is 10.1. The molecule has 0 spiro atoms. The summed E-state index contributed by atoms with van der Waals surface area (Å²) in [6.07, 6.45) is 1.51. The average molecular weight is 270 g/mol. The van der Waals surface area contributed by atoms with Gasteiger partial charge in [-0.2, -0.15) is 0 Å². The molecular weight excluding hydrogens is 256 g/mol. The number of carboxylic acids is 1. The molecule has 2 N–H and O–H groups in total. The van der Waals surface area contributed by atoms with Crippen molar-refractivity contribution in [1.29, 1.82) is 0 Å². The van der Waals surface area contributed by atoms with Gasteiger partial charge in [0.05, 0.1) is 11.1 Å². The lowest BCUT2D eigenvalue weighted by Gasteiger charge is -2.06. The molecule has 1 aromatic carbocycles. The second-order valence-electron chi connectivity index (χ2n) is 4.38. The van der Waals surface area contributed by atoms with Gasteiger partial charge in [0.15, 0.2) is 0 Å². The van der Waals surface area contributed by atoms with Crippen LogP contribution in [-0.4, -0.2) is 22.0 Å². The normalized spacial score (nSPS) is 10.1. The van der Waals surface area contributed by atoms with Crippen LogP contribution in [0.2, 0.25) is 0 Å². The predicted octanol–water partition coefficient (Wildman–Crippen LogP) is 2.02. The summed E-state index contributed by atoms with van der Waals surface area (Å²) in [6.45, 7) is 2.12. The molecule has 0 aliphatic carbocycles. The van der Waals surface area contributed by atoms with E-state index in [9.17, 15) is 9.59 Å². The summed E-state index contributed by atoms with van der Waals surface area (Å²) >= 11 is 0. The molecule has 5 heteroatoms. The minimum absolute atomic E-state index is 0.203. The minimum Gasteiger partial charge on any atom is -0.478 e. The molecule has 5 nitrogen and oxygen atoms in total. The molecule has 2 rings (SSSR count). The Morgan fingerprint density at radius 1 is 1.20 bits per heavy atom. The zero-order valence-electron chi connectivity index (χ0n) is 11.0. The Morgan fingerprint density at radius 3 is 2.65 bits per heavy atom. The third kappa shape index (κ3) is 3.41. The molecule has 0 unspecified atom stereocenters. The number of aromatic nitrogens is 1. The first-order chi connectivity index (χ1) is 9.56. The van der Waals surface area contributed by atoms with Crippen LogP contribution in [0.5, 0.6) is 0 Å². The molecule has 2 aromatic rings. The number of nitrogens with one attached hydrogen (secondary N) is 1. The van der Waals surface area contributed by atoms with E-state index in [4.69, 9.17) is 5.11 Å². The first kappa shape index (κ1) is 13.7. The standard InChI is InChI=1S/C15H14N2O3/c1-10-5-6-13(9-16-10)14(18)17-8-11-3-2-4-12(7-11)15(19)20/h2-7,9H,8H2,1H3,(H,17,18)(H,19,20). The molecule has 0 atom stereocenters. The molecule has 0 aliphatic heterocycles. The van der Waals surface area contributed by atoms with E-state index in [0.717, 1.165) is 11.3 Å². The van der Waals surface area contributed by atoms with Crippen LogP contribution in [0.15, 0.2) is 42.6 Å². The van der Waals surface area contributed by atoms with Gasteiger partial charge in [-0.1, -0.05) is 12.1 Å². The van der Waals surface area contributed by atoms with Crippen LogP contribution in [0.1, 0.15) is 32.0 Å². The molecule has 0 saturated heterocycles. The third-order valence-corrected chi connectivity index (χ3v) is 2.80. The molecule has 0 aliphatic rings. The fraction of sp³-hybridized carbons (Fsp3) is 0.133.